The van der Waals surface area contributed by atoms with E-state index in [1.54, 1.807) is 6.20 Å². The lowest BCUT2D eigenvalue weighted by Gasteiger charge is -2.16. The van der Waals surface area contributed by atoms with Gasteiger partial charge in [-0.3, -0.25) is 9.78 Å². The predicted octanol–water partition coefficient (Wildman–Crippen LogP) is 3.72. The quantitative estimate of drug-likeness (QED) is 0.365. The summed E-state index contributed by atoms with van der Waals surface area (Å²) in [6, 6.07) is 19.5. The Balaban J connectivity index is 1.60. The maximum absolute atomic E-state index is 14.6. The molecule has 0 saturated heterocycles. The Kier molecular flexibility index (Phi) is 5.72. The first-order chi connectivity index (χ1) is 15.0. The summed E-state index contributed by atoms with van der Waals surface area (Å²) < 4.78 is 14.6. The topological polar surface area (TPSA) is 119 Å². The Labute approximate surface area is 178 Å². The van der Waals surface area contributed by atoms with Gasteiger partial charge in [-0.15, -0.1) is 0 Å². The number of nitrogens with one attached hydrogen (secondary N) is 2. The van der Waals surface area contributed by atoms with Crippen molar-refractivity contribution in [1.29, 1.82) is 0 Å². The van der Waals surface area contributed by atoms with Crippen molar-refractivity contribution in [2.45, 2.75) is 6.04 Å². The van der Waals surface area contributed by atoms with Crippen molar-refractivity contribution in [2.75, 3.05) is 17.2 Å². The Morgan fingerprint density at radius 3 is 2.61 bits per heavy atom. The van der Waals surface area contributed by atoms with E-state index in [0.29, 0.717) is 5.69 Å². The molecule has 1 unspecified atom stereocenters. The van der Waals surface area contributed by atoms with E-state index in [0.717, 1.165) is 22.5 Å². The summed E-state index contributed by atoms with van der Waals surface area (Å²) >= 11 is 0. The van der Waals surface area contributed by atoms with E-state index in [-0.39, 0.29) is 29.8 Å². The number of primary amides is 1. The zero-order chi connectivity index (χ0) is 21.8. The number of rotatable bonds is 7. The molecule has 31 heavy (non-hydrogen) atoms. The van der Waals surface area contributed by atoms with Gasteiger partial charge in [0.05, 0.1) is 11.1 Å². The highest BCUT2D eigenvalue weighted by atomic mass is 19.1. The van der Waals surface area contributed by atoms with Gasteiger partial charge in [0.25, 0.3) is 5.91 Å². The number of anilines is 3. The minimum Gasteiger partial charge on any atom is -0.366 e. The molecule has 1 atom stereocenters. The van der Waals surface area contributed by atoms with Gasteiger partial charge in [0.1, 0.15) is 5.82 Å². The van der Waals surface area contributed by atoms with Crippen LogP contribution in [0.25, 0.3) is 10.9 Å². The van der Waals surface area contributed by atoms with Crippen LogP contribution in [-0.2, 0) is 0 Å². The number of hydrogen-bond acceptors (Lipinski definition) is 6. The van der Waals surface area contributed by atoms with Crippen molar-refractivity contribution in [3.05, 3.63) is 89.9 Å². The second-order valence-corrected chi connectivity index (χ2v) is 7.01. The number of halogens is 1. The molecular formula is C23H21FN6O. The van der Waals surface area contributed by atoms with Crippen LogP contribution in [0.4, 0.5) is 21.7 Å². The first kappa shape index (κ1) is 20.2. The summed E-state index contributed by atoms with van der Waals surface area (Å²) in [5.74, 6) is -1.38. The molecule has 0 aliphatic carbocycles. The normalized spacial score (nSPS) is 11.8. The van der Waals surface area contributed by atoms with E-state index in [2.05, 4.69) is 20.6 Å². The van der Waals surface area contributed by atoms with Crippen LogP contribution >= 0.6 is 0 Å². The third-order valence-corrected chi connectivity index (χ3v) is 4.83. The fourth-order valence-corrected chi connectivity index (χ4v) is 3.20. The fourth-order valence-electron chi connectivity index (χ4n) is 3.20. The lowest BCUT2D eigenvalue weighted by atomic mass is 10.1. The number of amides is 1. The van der Waals surface area contributed by atoms with Gasteiger partial charge in [0.15, 0.2) is 11.6 Å². The molecule has 7 nitrogen and oxygen atoms in total. The predicted molar refractivity (Wildman–Crippen MR) is 120 cm³/mol. The van der Waals surface area contributed by atoms with Crippen LogP contribution in [0.15, 0.2) is 72.9 Å². The number of fused-ring (bicyclic) bond motifs is 1. The Bertz CT molecular complexity index is 1230. The van der Waals surface area contributed by atoms with E-state index in [4.69, 9.17) is 11.5 Å². The van der Waals surface area contributed by atoms with E-state index in [1.807, 2.05) is 60.7 Å². The number of nitrogens with two attached hydrogens (primary N) is 2. The van der Waals surface area contributed by atoms with Gasteiger partial charge >= 0.3 is 0 Å². The van der Waals surface area contributed by atoms with E-state index < -0.39 is 11.7 Å². The summed E-state index contributed by atoms with van der Waals surface area (Å²) in [6.07, 6.45) is 1.69. The molecule has 2 aromatic carbocycles. The van der Waals surface area contributed by atoms with Gasteiger partial charge in [-0.1, -0.05) is 42.5 Å². The molecule has 0 aliphatic heterocycles. The molecule has 6 N–H and O–H groups in total. The Morgan fingerprint density at radius 2 is 1.84 bits per heavy atom. The van der Waals surface area contributed by atoms with Crippen molar-refractivity contribution in [2.24, 2.45) is 11.5 Å². The van der Waals surface area contributed by atoms with Gasteiger partial charge in [-0.2, -0.15) is 0 Å². The number of hydrogen-bond donors (Lipinski definition) is 4. The molecule has 2 aromatic heterocycles. The Hall–Kier alpha value is -4.04. The lowest BCUT2D eigenvalue weighted by Crippen LogP contribution is -2.22. The van der Waals surface area contributed by atoms with Crippen molar-refractivity contribution < 1.29 is 9.18 Å². The monoisotopic (exact) mass is 416 g/mol. The van der Waals surface area contributed by atoms with Crippen molar-refractivity contribution in [3.63, 3.8) is 0 Å². The maximum Gasteiger partial charge on any atom is 0.252 e. The van der Waals surface area contributed by atoms with Crippen LogP contribution in [0.3, 0.4) is 0 Å². The SMILES string of the molecule is NC(=O)c1cc(F)c(NCC(N)c2ccccc2)nc1Nc1ccc2cccnc2c1. The van der Waals surface area contributed by atoms with Crippen LogP contribution in [0.1, 0.15) is 22.0 Å². The van der Waals surface area contributed by atoms with Crippen LogP contribution < -0.4 is 22.1 Å². The standard InChI is InChI=1S/C23H21FN6O/c24-18-12-17(21(26)31)22(29-16-9-8-15-7-4-10-27-20(15)11-16)30-23(18)28-13-19(25)14-5-2-1-3-6-14/h1-12,19H,13,25H2,(H2,26,31)(H2,28,29,30). The van der Waals surface area contributed by atoms with Crippen LogP contribution in [0.5, 0.6) is 0 Å². The molecular weight excluding hydrogens is 395 g/mol. The molecule has 4 aromatic rings. The van der Waals surface area contributed by atoms with E-state index in [9.17, 15) is 9.18 Å². The second kappa shape index (κ2) is 8.76. The highest BCUT2D eigenvalue weighted by molar-refractivity contribution is 5.99. The molecule has 0 saturated carbocycles. The van der Waals surface area contributed by atoms with Crippen LogP contribution in [0.2, 0.25) is 0 Å². The number of benzene rings is 2. The van der Waals surface area contributed by atoms with E-state index in [1.165, 1.54) is 0 Å². The first-order valence-corrected chi connectivity index (χ1v) is 9.68. The number of carbonyl (C=O) groups excluding carboxylic acids is 1. The molecule has 0 radical (unpaired) electrons. The summed E-state index contributed by atoms with van der Waals surface area (Å²) in [4.78, 5) is 20.4. The molecule has 8 heteroatoms. The highest BCUT2D eigenvalue weighted by Crippen LogP contribution is 2.26. The third kappa shape index (κ3) is 4.59. The summed E-state index contributed by atoms with van der Waals surface area (Å²) in [7, 11) is 0. The zero-order valence-corrected chi connectivity index (χ0v) is 16.5. The summed E-state index contributed by atoms with van der Waals surface area (Å²) in [6.45, 7) is 0.253. The number of aromatic nitrogens is 2. The van der Waals surface area contributed by atoms with Gasteiger partial charge in [0.2, 0.25) is 0 Å². The smallest absolute Gasteiger partial charge is 0.252 e. The summed E-state index contributed by atoms with van der Waals surface area (Å²) in [5.41, 5.74) is 13.9. The molecule has 4 rings (SSSR count). The average Bonchev–Trinajstić information content (AvgIpc) is 2.79. The highest BCUT2D eigenvalue weighted by Gasteiger charge is 2.17. The Morgan fingerprint density at radius 1 is 1.03 bits per heavy atom. The minimum atomic E-state index is -0.791. The third-order valence-electron chi connectivity index (χ3n) is 4.83. The van der Waals surface area contributed by atoms with Crippen molar-refractivity contribution in [3.8, 4) is 0 Å². The largest absolute Gasteiger partial charge is 0.366 e. The second-order valence-electron chi connectivity index (χ2n) is 7.01. The molecule has 0 spiro atoms. The van der Waals surface area contributed by atoms with E-state index >= 15 is 0 Å². The molecule has 2 heterocycles. The van der Waals surface area contributed by atoms with Gasteiger partial charge in [-0.05, 0) is 29.8 Å². The molecule has 0 bridgehead atoms. The molecule has 0 fully saturated rings. The number of nitrogens with zero attached hydrogens (tertiary/aromatic N) is 2. The summed E-state index contributed by atoms with van der Waals surface area (Å²) in [5, 5.41) is 6.93. The minimum absolute atomic E-state index is 0.0298. The maximum atomic E-state index is 14.6. The lowest BCUT2D eigenvalue weighted by molar-refractivity contribution is 0.100. The zero-order valence-electron chi connectivity index (χ0n) is 16.5. The average molecular weight is 416 g/mol. The number of pyridine rings is 2. The fraction of sp³-hybridized carbons (Fsp3) is 0.0870. The van der Waals surface area contributed by atoms with Crippen molar-refractivity contribution >= 4 is 34.1 Å². The van der Waals surface area contributed by atoms with Crippen LogP contribution in [0, 0.1) is 5.82 Å². The molecule has 0 aliphatic rings. The van der Waals surface area contributed by atoms with Crippen LogP contribution in [-0.4, -0.2) is 22.4 Å². The van der Waals surface area contributed by atoms with Gasteiger partial charge in [-0.25, -0.2) is 9.37 Å². The molecule has 156 valence electrons. The van der Waals surface area contributed by atoms with Crippen molar-refractivity contribution in [1.82, 2.24) is 9.97 Å². The number of carbonyl (C=O) groups is 1. The molecule has 1 amide bonds. The first-order valence-electron chi connectivity index (χ1n) is 9.68. The van der Waals surface area contributed by atoms with Gasteiger partial charge in [0, 0.05) is 29.9 Å². The van der Waals surface area contributed by atoms with Gasteiger partial charge < -0.3 is 22.1 Å².